The van der Waals surface area contributed by atoms with Gasteiger partial charge in [0.2, 0.25) is 0 Å². The predicted octanol–water partition coefficient (Wildman–Crippen LogP) is 15.2. The summed E-state index contributed by atoms with van der Waals surface area (Å²) in [6, 6.07) is 13.1. The molecule has 6 heteroatoms. The molecule has 68 heavy (non-hydrogen) atoms. The van der Waals surface area contributed by atoms with Crippen LogP contribution in [-0.2, 0) is 0 Å². The Balaban J connectivity index is 2.52. The second kappa shape index (κ2) is 34.1. The van der Waals surface area contributed by atoms with Crippen LogP contribution in [0.4, 0.5) is 17.1 Å². The maximum Gasteiger partial charge on any atom is 0.150 e. The molecule has 0 spiro atoms. The van der Waals surface area contributed by atoms with Gasteiger partial charge in [-0.3, -0.25) is 0 Å². The molecule has 370 valence electrons. The van der Waals surface area contributed by atoms with Crippen molar-refractivity contribution in [2.24, 2.45) is 0 Å². The van der Waals surface area contributed by atoms with Crippen molar-refractivity contribution in [1.82, 2.24) is 0 Å². The van der Waals surface area contributed by atoms with E-state index in [2.05, 4.69) is 149 Å². The van der Waals surface area contributed by atoms with E-state index in [-0.39, 0.29) is 0 Å². The molecule has 0 aromatic heterocycles. The van der Waals surface area contributed by atoms with Gasteiger partial charge in [0.25, 0.3) is 0 Å². The van der Waals surface area contributed by atoms with Crippen LogP contribution >= 0.6 is 0 Å². The summed E-state index contributed by atoms with van der Waals surface area (Å²) in [5, 5.41) is 0. The van der Waals surface area contributed by atoms with Gasteiger partial charge in [-0.1, -0.05) is 156 Å². The van der Waals surface area contributed by atoms with Crippen LogP contribution in [0.2, 0.25) is 0 Å². The molecule has 0 heterocycles. The Morgan fingerprint density at radius 1 is 0.324 bits per heavy atom. The monoisotopic (exact) mass is 924 g/mol. The van der Waals surface area contributed by atoms with E-state index < -0.39 is 0 Å². The lowest BCUT2D eigenvalue weighted by Crippen LogP contribution is -2.26. The quantitative estimate of drug-likeness (QED) is 0.0448. The Labute approximate surface area is 416 Å². The number of anilines is 3. The molecule has 3 aromatic carbocycles. The Morgan fingerprint density at radius 2 is 0.529 bits per heavy atom. The zero-order chi connectivity index (χ0) is 49.4. The maximum absolute atomic E-state index is 6.83. The van der Waals surface area contributed by atoms with Crippen molar-refractivity contribution in [3.63, 3.8) is 0 Å². The number of benzene rings is 3. The number of unbranched alkanes of at least 4 members (excludes halogenated alkanes) is 9. The first-order valence-electron chi connectivity index (χ1n) is 27.0. The van der Waals surface area contributed by atoms with Gasteiger partial charge in [-0.05, 0) is 94.2 Å². The Hall–Kier alpha value is -5.30. The Morgan fingerprint density at radius 3 is 0.735 bits per heavy atom. The summed E-state index contributed by atoms with van der Waals surface area (Å²) in [6.07, 6.45) is 31.6. The molecule has 0 fully saturated rings. The fraction of sp³-hybridized carbons (Fsp3) is 0.581. The third-order valence-corrected chi connectivity index (χ3v) is 12.2. The standard InChI is InChI=1S/C62H89N3O3/c1-12-23-36-63(37-24-13-2)57-45-51(21-10)60(66-42-29-18-7)53(47-57)32-34-55-49-59(65(40-27-16-5)41-28-17-6)50-56(62(55)68-44-31-20-9)35-33-54-48-58(64(38-25-14-3)39-26-15-4)46-52(22-11)61(54)67-43-30-19-8/h10-11,45-50H,12-20,23-31,36-44H2,1-9H3. The van der Waals surface area contributed by atoms with Crippen LogP contribution in [0.15, 0.2) is 36.4 Å². The summed E-state index contributed by atoms with van der Waals surface area (Å²) >= 11 is 0. The van der Waals surface area contributed by atoms with Gasteiger partial charge in [0.1, 0.15) is 0 Å². The zero-order valence-electron chi connectivity index (χ0n) is 44.3. The molecule has 0 N–H and O–H groups in total. The summed E-state index contributed by atoms with van der Waals surface area (Å²) in [5.74, 6) is 22.6. The SMILES string of the molecule is C#Cc1cc(N(CCCC)CCCC)cc(C#Cc2cc(N(CCCC)CCCC)cc(C#Cc3cc(N(CCCC)CCCC)cc(C#C)c3OCCCC)c2OCCCC)c1OCCCC. The number of terminal acetylenes is 2. The van der Waals surface area contributed by atoms with E-state index in [1.54, 1.807) is 0 Å². The van der Waals surface area contributed by atoms with E-state index in [1.807, 2.05) is 0 Å². The second-order valence-electron chi connectivity index (χ2n) is 18.1. The molecule has 0 aliphatic carbocycles. The highest BCUT2D eigenvalue weighted by molar-refractivity contribution is 5.72. The van der Waals surface area contributed by atoms with E-state index in [0.29, 0.717) is 37.1 Å². The Kier molecular flexibility index (Phi) is 28.6. The fourth-order valence-corrected chi connectivity index (χ4v) is 7.87. The van der Waals surface area contributed by atoms with Crippen molar-refractivity contribution in [2.75, 3.05) is 73.8 Å². The second-order valence-corrected chi connectivity index (χ2v) is 18.1. The highest BCUT2D eigenvalue weighted by atomic mass is 16.5. The van der Waals surface area contributed by atoms with Crippen molar-refractivity contribution in [1.29, 1.82) is 0 Å². The third kappa shape index (κ3) is 18.7. The minimum absolute atomic E-state index is 0.548. The van der Waals surface area contributed by atoms with Crippen molar-refractivity contribution >= 4 is 17.1 Å². The maximum atomic E-state index is 6.83. The van der Waals surface area contributed by atoms with Crippen LogP contribution < -0.4 is 28.9 Å². The van der Waals surface area contributed by atoms with Gasteiger partial charge < -0.3 is 28.9 Å². The van der Waals surface area contributed by atoms with Crippen LogP contribution in [0.5, 0.6) is 17.2 Å². The number of ether oxygens (including phenoxy) is 3. The van der Waals surface area contributed by atoms with E-state index in [9.17, 15) is 0 Å². The summed E-state index contributed by atoms with van der Waals surface area (Å²) in [7, 11) is 0. The first-order chi connectivity index (χ1) is 33.3. The van der Waals surface area contributed by atoms with Gasteiger partial charge in [0.05, 0.1) is 53.2 Å². The van der Waals surface area contributed by atoms with Gasteiger partial charge in [-0.2, -0.15) is 0 Å². The van der Waals surface area contributed by atoms with Crippen molar-refractivity contribution < 1.29 is 14.2 Å². The van der Waals surface area contributed by atoms with Crippen LogP contribution in [0.25, 0.3) is 0 Å². The lowest BCUT2D eigenvalue weighted by molar-refractivity contribution is 0.307. The molecule has 0 atom stereocenters. The van der Waals surface area contributed by atoms with Crippen LogP contribution in [0.3, 0.4) is 0 Å². The molecule has 0 saturated heterocycles. The van der Waals surface area contributed by atoms with Gasteiger partial charge in [0, 0.05) is 56.3 Å². The third-order valence-electron chi connectivity index (χ3n) is 12.2. The molecule has 3 aromatic rings. The molecule has 3 rings (SSSR count). The highest BCUT2D eigenvalue weighted by Crippen LogP contribution is 2.35. The number of hydrogen-bond donors (Lipinski definition) is 0. The smallest absolute Gasteiger partial charge is 0.150 e. The van der Waals surface area contributed by atoms with Crippen molar-refractivity contribution in [3.05, 3.63) is 69.8 Å². The molecule has 0 aliphatic heterocycles. The van der Waals surface area contributed by atoms with Crippen molar-refractivity contribution in [3.8, 4) is 65.6 Å². The topological polar surface area (TPSA) is 37.4 Å². The zero-order valence-corrected chi connectivity index (χ0v) is 44.3. The van der Waals surface area contributed by atoms with Crippen LogP contribution in [-0.4, -0.2) is 59.1 Å². The van der Waals surface area contributed by atoms with E-state index >= 15 is 0 Å². The number of hydrogen-bond acceptors (Lipinski definition) is 6. The van der Waals surface area contributed by atoms with E-state index in [1.165, 1.54) is 0 Å². The summed E-state index contributed by atoms with van der Waals surface area (Å²) in [4.78, 5) is 7.44. The minimum Gasteiger partial charge on any atom is -0.491 e. The van der Waals surface area contributed by atoms with Gasteiger partial charge in [-0.25, -0.2) is 0 Å². The molecule has 6 nitrogen and oxygen atoms in total. The molecule has 0 aliphatic rings. The van der Waals surface area contributed by atoms with Gasteiger partial charge >= 0.3 is 0 Å². The highest BCUT2D eigenvalue weighted by Gasteiger charge is 2.19. The van der Waals surface area contributed by atoms with Crippen LogP contribution in [0, 0.1) is 48.4 Å². The van der Waals surface area contributed by atoms with E-state index in [0.717, 1.165) is 205 Å². The molecular formula is C62H89N3O3. The first kappa shape index (κ1) is 57.0. The van der Waals surface area contributed by atoms with Crippen molar-refractivity contribution in [2.45, 2.75) is 178 Å². The fourth-order valence-electron chi connectivity index (χ4n) is 7.87. The first-order valence-corrected chi connectivity index (χ1v) is 27.0. The minimum atomic E-state index is 0.548. The average molecular weight is 924 g/mol. The molecule has 0 saturated carbocycles. The lowest BCUT2D eigenvalue weighted by atomic mass is 10.0. The average Bonchev–Trinajstić information content (AvgIpc) is 3.35. The predicted molar refractivity (Wildman–Crippen MR) is 294 cm³/mol. The molecule has 0 radical (unpaired) electrons. The molecule has 0 unspecified atom stereocenters. The van der Waals surface area contributed by atoms with Crippen LogP contribution in [0.1, 0.15) is 211 Å². The lowest BCUT2D eigenvalue weighted by Gasteiger charge is -2.26. The van der Waals surface area contributed by atoms with E-state index in [4.69, 9.17) is 27.1 Å². The normalized spacial score (nSPS) is 10.6. The summed E-state index contributed by atoms with van der Waals surface area (Å²) in [6.45, 7) is 27.4. The summed E-state index contributed by atoms with van der Waals surface area (Å²) in [5.41, 5.74) is 7.91. The van der Waals surface area contributed by atoms with Gasteiger partial charge in [-0.15, -0.1) is 12.8 Å². The largest absolute Gasteiger partial charge is 0.491 e. The summed E-state index contributed by atoms with van der Waals surface area (Å²) < 4.78 is 19.9. The number of rotatable bonds is 33. The molecular weight excluding hydrogens is 835 g/mol. The molecule has 0 bridgehead atoms. The Bertz CT molecular complexity index is 1980. The molecule has 0 amide bonds. The number of nitrogens with zero attached hydrogens (tertiary/aromatic N) is 3. The van der Waals surface area contributed by atoms with Gasteiger partial charge in [0.15, 0.2) is 17.2 Å².